The van der Waals surface area contributed by atoms with E-state index in [1.54, 1.807) is 0 Å². The van der Waals surface area contributed by atoms with Gasteiger partial charge in [0, 0.05) is 6.08 Å². The van der Waals surface area contributed by atoms with Crippen LogP contribution in [-0.2, 0) is 4.79 Å². The molecule has 72 valence electrons. The van der Waals surface area contributed by atoms with Crippen LogP contribution in [0.1, 0.15) is 16.7 Å². The number of hydrogen-bond donors (Lipinski definition) is 1. The standard InChI is InChI=1S/C11H6N2O2/c12-6-9-3-8(1-2-11(14)15)4-10(5-9)7-13/h1-5H,(H,14,15)/b2-1+. The third kappa shape index (κ3) is 2.98. The van der Waals surface area contributed by atoms with Crippen LogP contribution in [0.3, 0.4) is 0 Å². The van der Waals surface area contributed by atoms with E-state index in [1.807, 2.05) is 12.1 Å². The highest BCUT2D eigenvalue weighted by molar-refractivity contribution is 5.85. The van der Waals surface area contributed by atoms with E-state index < -0.39 is 5.97 Å². The van der Waals surface area contributed by atoms with E-state index in [-0.39, 0.29) is 0 Å². The van der Waals surface area contributed by atoms with Crippen LogP contribution in [0.15, 0.2) is 24.3 Å². The SMILES string of the molecule is N#Cc1cc(C#N)cc(/C=C/C(=O)O)c1. The van der Waals surface area contributed by atoms with Crippen molar-refractivity contribution >= 4 is 12.0 Å². The second-order valence-electron chi connectivity index (χ2n) is 2.74. The molecule has 1 aromatic rings. The zero-order chi connectivity index (χ0) is 11.3. The zero-order valence-electron chi connectivity index (χ0n) is 7.64. The average Bonchev–Trinajstić information content (AvgIpc) is 2.25. The molecule has 0 heterocycles. The molecule has 0 fully saturated rings. The first kappa shape index (κ1) is 10.5. The smallest absolute Gasteiger partial charge is 0.328 e. The molecule has 1 aromatic carbocycles. The number of carbonyl (C=O) groups is 1. The Hall–Kier alpha value is -2.59. The predicted octanol–water partition coefficient (Wildman–Crippen LogP) is 1.53. The average molecular weight is 198 g/mol. The first-order valence-corrected chi connectivity index (χ1v) is 4.02. The van der Waals surface area contributed by atoms with E-state index in [0.29, 0.717) is 16.7 Å². The normalized spacial score (nSPS) is 9.47. The molecule has 0 spiro atoms. The highest BCUT2D eigenvalue weighted by Gasteiger charge is 1.98. The summed E-state index contributed by atoms with van der Waals surface area (Å²) in [5.74, 6) is -1.07. The van der Waals surface area contributed by atoms with Crippen LogP contribution in [0, 0.1) is 22.7 Å². The predicted molar refractivity (Wildman–Crippen MR) is 52.5 cm³/mol. The highest BCUT2D eigenvalue weighted by Crippen LogP contribution is 2.10. The molecule has 0 bridgehead atoms. The van der Waals surface area contributed by atoms with Gasteiger partial charge in [-0.25, -0.2) is 4.79 Å². The fourth-order valence-corrected chi connectivity index (χ4v) is 1.04. The van der Waals surface area contributed by atoms with Crippen molar-refractivity contribution in [3.8, 4) is 12.1 Å². The van der Waals surface area contributed by atoms with Gasteiger partial charge in [-0.1, -0.05) is 0 Å². The lowest BCUT2D eigenvalue weighted by Gasteiger charge is -1.95. The Morgan fingerprint density at radius 1 is 1.20 bits per heavy atom. The largest absolute Gasteiger partial charge is 0.478 e. The van der Waals surface area contributed by atoms with E-state index in [4.69, 9.17) is 15.6 Å². The van der Waals surface area contributed by atoms with Gasteiger partial charge in [0.25, 0.3) is 0 Å². The summed E-state index contributed by atoms with van der Waals surface area (Å²) in [6.45, 7) is 0. The molecule has 0 amide bonds. The number of rotatable bonds is 2. The first-order valence-electron chi connectivity index (χ1n) is 4.02. The summed E-state index contributed by atoms with van der Waals surface area (Å²) < 4.78 is 0. The molecule has 4 heteroatoms. The summed E-state index contributed by atoms with van der Waals surface area (Å²) in [5.41, 5.74) is 1.19. The van der Waals surface area contributed by atoms with Gasteiger partial charge in [0.1, 0.15) is 0 Å². The van der Waals surface area contributed by atoms with Crippen molar-refractivity contribution in [3.05, 3.63) is 41.0 Å². The monoisotopic (exact) mass is 198 g/mol. The molecule has 0 aliphatic rings. The number of aliphatic carboxylic acids is 1. The van der Waals surface area contributed by atoms with Gasteiger partial charge in [-0.05, 0) is 29.8 Å². The maximum atomic E-state index is 10.3. The van der Waals surface area contributed by atoms with E-state index >= 15 is 0 Å². The van der Waals surface area contributed by atoms with Gasteiger partial charge in [-0.2, -0.15) is 10.5 Å². The number of carboxylic acid groups (broad SMARTS) is 1. The third-order valence-electron chi connectivity index (χ3n) is 1.63. The van der Waals surface area contributed by atoms with E-state index in [9.17, 15) is 4.79 Å². The number of nitriles is 2. The van der Waals surface area contributed by atoms with Crippen LogP contribution in [0.4, 0.5) is 0 Å². The molecule has 0 aliphatic heterocycles. The molecule has 0 saturated carbocycles. The zero-order valence-corrected chi connectivity index (χ0v) is 7.64. The molecule has 4 nitrogen and oxygen atoms in total. The molecule has 0 atom stereocenters. The molecule has 0 aromatic heterocycles. The summed E-state index contributed by atoms with van der Waals surface area (Å²) >= 11 is 0. The van der Waals surface area contributed by atoms with Crippen molar-refractivity contribution in [3.63, 3.8) is 0 Å². The van der Waals surface area contributed by atoms with Gasteiger partial charge < -0.3 is 5.11 Å². The maximum absolute atomic E-state index is 10.3. The van der Waals surface area contributed by atoms with Gasteiger partial charge in [0.2, 0.25) is 0 Å². The van der Waals surface area contributed by atoms with Crippen molar-refractivity contribution < 1.29 is 9.90 Å². The van der Waals surface area contributed by atoms with Gasteiger partial charge in [-0.15, -0.1) is 0 Å². The van der Waals surface area contributed by atoms with Crippen LogP contribution < -0.4 is 0 Å². The minimum Gasteiger partial charge on any atom is -0.478 e. The Bertz CT molecular complexity index is 472. The molecule has 0 unspecified atom stereocenters. The quantitative estimate of drug-likeness (QED) is 0.730. The molecule has 0 saturated heterocycles. The molecular formula is C11H6N2O2. The van der Waals surface area contributed by atoms with Crippen molar-refractivity contribution in [1.82, 2.24) is 0 Å². The molecule has 0 aliphatic carbocycles. The van der Waals surface area contributed by atoms with Crippen molar-refractivity contribution in [2.24, 2.45) is 0 Å². The fraction of sp³-hybridized carbons (Fsp3) is 0. The Balaban J connectivity index is 3.15. The molecule has 1 N–H and O–H groups in total. The molecular weight excluding hydrogens is 192 g/mol. The lowest BCUT2D eigenvalue weighted by Crippen LogP contribution is -1.87. The lowest BCUT2D eigenvalue weighted by atomic mass is 10.1. The minimum atomic E-state index is -1.07. The minimum absolute atomic E-state index is 0.332. The number of nitrogens with zero attached hydrogens (tertiary/aromatic N) is 2. The number of benzene rings is 1. The topological polar surface area (TPSA) is 84.9 Å². The second-order valence-corrected chi connectivity index (χ2v) is 2.74. The van der Waals surface area contributed by atoms with Gasteiger partial charge >= 0.3 is 5.97 Å². The van der Waals surface area contributed by atoms with E-state index in [2.05, 4.69) is 0 Å². The van der Waals surface area contributed by atoms with Crippen molar-refractivity contribution in [2.45, 2.75) is 0 Å². The maximum Gasteiger partial charge on any atom is 0.328 e. The van der Waals surface area contributed by atoms with Crippen LogP contribution in [0.2, 0.25) is 0 Å². The van der Waals surface area contributed by atoms with Gasteiger partial charge in [0.15, 0.2) is 0 Å². The molecule has 15 heavy (non-hydrogen) atoms. The van der Waals surface area contributed by atoms with Crippen molar-refractivity contribution in [1.29, 1.82) is 10.5 Å². The lowest BCUT2D eigenvalue weighted by molar-refractivity contribution is -0.131. The van der Waals surface area contributed by atoms with Crippen molar-refractivity contribution in [2.75, 3.05) is 0 Å². The number of hydrogen-bond acceptors (Lipinski definition) is 3. The van der Waals surface area contributed by atoms with E-state index in [1.165, 1.54) is 24.3 Å². The summed E-state index contributed by atoms with van der Waals surface area (Å²) in [7, 11) is 0. The summed E-state index contributed by atoms with van der Waals surface area (Å²) in [4.78, 5) is 10.3. The van der Waals surface area contributed by atoms with Gasteiger partial charge in [-0.3, -0.25) is 0 Å². The molecule has 0 radical (unpaired) electrons. The summed E-state index contributed by atoms with van der Waals surface area (Å²) in [6, 6.07) is 8.27. The highest BCUT2D eigenvalue weighted by atomic mass is 16.4. The Morgan fingerprint density at radius 2 is 1.73 bits per heavy atom. The number of carboxylic acids is 1. The van der Waals surface area contributed by atoms with Crippen LogP contribution in [0.25, 0.3) is 6.08 Å². The summed E-state index contributed by atoms with van der Waals surface area (Å²) in [6.07, 6.45) is 2.29. The Kier molecular flexibility index (Phi) is 3.21. The van der Waals surface area contributed by atoms with Crippen LogP contribution in [0.5, 0.6) is 0 Å². The summed E-state index contributed by atoms with van der Waals surface area (Å²) in [5, 5.41) is 25.7. The Labute approximate surface area is 86.3 Å². The molecule has 1 rings (SSSR count). The van der Waals surface area contributed by atoms with Crippen LogP contribution in [-0.4, -0.2) is 11.1 Å². The van der Waals surface area contributed by atoms with E-state index in [0.717, 1.165) is 6.08 Å². The van der Waals surface area contributed by atoms with Crippen LogP contribution >= 0.6 is 0 Å². The third-order valence-corrected chi connectivity index (χ3v) is 1.63. The Morgan fingerprint density at radius 3 is 2.13 bits per heavy atom. The van der Waals surface area contributed by atoms with Gasteiger partial charge in [0.05, 0.1) is 23.3 Å². The fourth-order valence-electron chi connectivity index (χ4n) is 1.04. The first-order chi connectivity index (χ1) is 7.15. The second kappa shape index (κ2) is 4.59.